The Labute approximate surface area is 137 Å². The zero-order valence-electron chi connectivity index (χ0n) is 13.7. The molecule has 0 amide bonds. The summed E-state index contributed by atoms with van der Waals surface area (Å²) in [6.07, 6.45) is 7.27. The molecule has 0 aromatic carbocycles. The summed E-state index contributed by atoms with van der Waals surface area (Å²) in [5.41, 5.74) is 0.283. The molecule has 126 valence electrons. The number of hydrogen-bond acceptors (Lipinski definition) is 4. The molecule has 4 aliphatic carbocycles. The highest BCUT2D eigenvalue weighted by molar-refractivity contribution is 5.91. The van der Waals surface area contributed by atoms with Gasteiger partial charge >= 0.3 is 0 Å². The Hall–Kier alpha value is -1.00. The van der Waals surface area contributed by atoms with Crippen LogP contribution < -0.4 is 0 Å². The van der Waals surface area contributed by atoms with E-state index in [1.807, 2.05) is 6.92 Å². The van der Waals surface area contributed by atoms with E-state index in [4.69, 9.17) is 0 Å². The average Bonchev–Trinajstić information content (AvgIpc) is 2.78. The van der Waals surface area contributed by atoms with E-state index in [1.165, 1.54) is 0 Å². The number of allylic oxidation sites excluding steroid dienone is 1. The molecular formula is C19H26O4. The molecule has 0 unspecified atom stereocenters. The number of carbonyl (C=O) groups excluding carboxylic acids is 2. The predicted octanol–water partition coefficient (Wildman–Crippen LogP) is 2.03. The van der Waals surface area contributed by atoms with Crippen LogP contribution in [0, 0.1) is 28.6 Å². The van der Waals surface area contributed by atoms with Crippen LogP contribution in [0.1, 0.15) is 51.9 Å². The second-order valence-corrected chi connectivity index (χ2v) is 8.47. The van der Waals surface area contributed by atoms with Crippen molar-refractivity contribution in [3.63, 3.8) is 0 Å². The smallest absolute Gasteiger partial charge is 0.167 e. The van der Waals surface area contributed by atoms with Gasteiger partial charge in [-0.3, -0.25) is 4.79 Å². The van der Waals surface area contributed by atoms with E-state index in [2.05, 4.69) is 6.08 Å². The molecule has 0 heterocycles. The first kappa shape index (κ1) is 15.5. The first-order valence-electron chi connectivity index (χ1n) is 8.98. The quantitative estimate of drug-likeness (QED) is 0.573. The maximum absolute atomic E-state index is 12.4. The first-order chi connectivity index (χ1) is 10.9. The molecule has 0 radical (unpaired) electrons. The average molecular weight is 318 g/mol. The fraction of sp³-hybridized carbons (Fsp3) is 0.789. The van der Waals surface area contributed by atoms with Crippen molar-refractivity contribution >= 4 is 12.1 Å². The molecule has 2 N–H and O–H groups in total. The number of Topliss-reactive ketones (excluding diaryl/α,β-unsaturated/α-hetero) is 1. The van der Waals surface area contributed by atoms with Gasteiger partial charge in [0.2, 0.25) is 0 Å². The molecule has 4 rings (SSSR count). The van der Waals surface area contributed by atoms with Crippen molar-refractivity contribution < 1.29 is 19.8 Å². The lowest BCUT2D eigenvalue weighted by molar-refractivity contribution is -0.138. The van der Waals surface area contributed by atoms with Gasteiger partial charge in [-0.25, -0.2) is 0 Å². The van der Waals surface area contributed by atoms with Crippen LogP contribution in [0.15, 0.2) is 11.6 Å². The molecule has 23 heavy (non-hydrogen) atoms. The second kappa shape index (κ2) is 5.00. The van der Waals surface area contributed by atoms with Gasteiger partial charge in [0.15, 0.2) is 5.78 Å². The second-order valence-electron chi connectivity index (χ2n) is 8.47. The lowest BCUT2D eigenvalue weighted by Gasteiger charge is -2.55. The van der Waals surface area contributed by atoms with Crippen LogP contribution in [0.5, 0.6) is 0 Å². The maximum atomic E-state index is 12.4. The first-order valence-corrected chi connectivity index (χ1v) is 8.98. The van der Waals surface area contributed by atoms with Gasteiger partial charge in [0.25, 0.3) is 0 Å². The third-order valence-electron chi connectivity index (χ3n) is 7.62. The molecule has 0 aliphatic heterocycles. The maximum Gasteiger partial charge on any atom is 0.167 e. The number of aldehydes is 1. The van der Waals surface area contributed by atoms with E-state index in [9.17, 15) is 19.8 Å². The van der Waals surface area contributed by atoms with Crippen LogP contribution in [-0.4, -0.2) is 34.5 Å². The monoisotopic (exact) mass is 318 g/mol. The Morgan fingerprint density at radius 2 is 2.00 bits per heavy atom. The summed E-state index contributed by atoms with van der Waals surface area (Å²) in [7, 11) is 0. The van der Waals surface area contributed by atoms with Crippen LogP contribution >= 0.6 is 0 Å². The van der Waals surface area contributed by atoms with E-state index in [-0.39, 0.29) is 23.7 Å². The third kappa shape index (κ3) is 1.91. The van der Waals surface area contributed by atoms with Crippen LogP contribution in [0.3, 0.4) is 0 Å². The van der Waals surface area contributed by atoms with Gasteiger partial charge < -0.3 is 15.0 Å². The molecule has 0 aromatic heterocycles. The van der Waals surface area contributed by atoms with Gasteiger partial charge in [-0.05, 0) is 62.7 Å². The van der Waals surface area contributed by atoms with Gasteiger partial charge in [0.1, 0.15) is 12.4 Å². The molecule has 0 saturated heterocycles. The van der Waals surface area contributed by atoms with Crippen molar-refractivity contribution in [3.05, 3.63) is 11.6 Å². The molecule has 4 aliphatic rings. The molecule has 3 fully saturated rings. The molecule has 4 heteroatoms. The number of ketones is 1. The molecule has 4 nitrogen and oxygen atoms in total. The molecule has 0 bridgehead atoms. The van der Waals surface area contributed by atoms with E-state index < -0.39 is 16.9 Å². The molecule has 0 aromatic rings. The van der Waals surface area contributed by atoms with Crippen LogP contribution in [0.4, 0.5) is 0 Å². The predicted molar refractivity (Wildman–Crippen MR) is 84.5 cm³/mol. The third-order valence-corrected chi connectivity index (χ3v) is 7.62. The number of aliphatic hydroxyl groups is 2. The number of carbonyl (C=O) groups is 2. The van der Waals surface area contributed by atoms with E-state index in [0.717, 1.165) is 37.5 Å². The standard InChI is InChI=1S/C19H26O4/c1-18-6-5-14-13(15(18)9-16(22)17(18)23)3-2-11-8-12(21)4-7-19(11,14)10-20/h2,10,12-16,21-22H,3-9H2,1H3/t12-,13+,14-,15-,16+,18-,19+/m0/s1. The van der Waals surface area contributed by atoms with E-state index in [0.29, 0.717) is 25.2 Å². The minimum atomic E-state index is -0.825. The van der Waals surface area contributed by atoms with Crippen molar-refractivity contribution in [2.24, 2.45) is 28.6 Å². The minimum Gasteiger partial charge on any atom is -0.393 e. The van der Waals surface area contributed by atoms with Gasteiger partial charge in [0.05, 0.1) is 11.5 Å². The number of fused-ring (bicyclic) bond motifs is 5. The minimum absolute atomic E-state index is 0.00921. The Morgan fingerprint density at radius 1 is 1.22 bits per heavy atom. The topological polar surface area (TPSA) is 74.6 Å². The van der Waals surface area contributed by atoms with E-state index >= 15 is 0 Å². The fourth-order valence-electron chi connectivity index (χ4n) is 6.35. The lowest BCUT2D eigenvalue weighted by Crippen LogP contribution is -2.52. The summed E-state index contributed by atoms with van der Waals surface area (Å²) in [5, 5.41) is 20.1. The molecular weight excluding hydrogens is 292 g/mol. The Bertz CT molecular complexity index is 582. The Morgan fingerprint density at radius 3 is 2.74 bits per heavy atom. The number of hydrogen-bond donors (Lipinski definition) is 2. The molecule has 0 spiro atoms. The Balaban J connectivity index is 1.73. The highest BCUT2D eigenvalue weighted by Gasteiger charge is 2.61. The number of rotatable bonds is 1. The summed E-state index contributed by atoms with van der Waals surface area (Å²) in [6.45, 7) is 2.02. The van der Waals surface area contributed by atoms with Crippen molar-refractivity contribution in [3.8, 4) is 0 Å². The summed E-state index contributed by atoms with van der Waals surface area (Å²) in [6, 6.07) is 0. The zero-order chi connectivity index (χ0) is 16.4. The van der Waals surface area contributed by atoms with Crippen LogP contribution in [0.2, 0.25) is 0 Å². The van der Waals surface area contributed by atoms with Crippen LogP contribution in [0.25, 0.3) is 0 Å². The highest BCUT2D eigenvalue weighted by Crippen LogP contribution is 2.63. The van der Waals surface area contributed by atoms with Crippen LogP contribution in [-0.2, 0) is 9.59 Å². The molecule has 7 atom stereocenters. The van der Waals surface area contributed by atoms with Gasteiger partial charge in [-0.1, -0.05) is 18.6 Å². The normalized spacial score (nSPS) is 52.2. The molecule has 3 saturated carbocycles. The van der Waals surface area contributed by atoms with E-state index in [1.54, 1.807) is 0 Å². The summed E-state index contributed by atoms with van der Waals surface area (Å²) in [5.74, 6) is 0.767. The van der Waals surface area contributed by atoms with Crippen molar-refractivity contribution in [1.29, 1.82) is 0 Å². The largest absolute Gasteiger partial charge is 0.393 e. The SMILES string of the molecule is C[C@]12CC[C@H]3[C@@H](CC=C4C[C@@H](O)CC[C@@]43C=O)[C@@H]1C[C@@H](O)C2=O. The number of aliphatic hydroxyl groups excluding tert-OH is 2. The summed E-state index contributed by atoms with van der Waals surface area (Å²) in [4.78, 5) is 24.6. The summed E-state index contributed by atoms with van der Waals surface area (Å²) < 4.78 is 0. The van der Waals surface area contributed by atoms with Gasteiger partial charge in [-0.15, -0.1) is 0 Å². The van der Waals surface area contributed by atoms with Crippen molar-refractivity contribution in [2.75, 3.05) is 0 Å². The highest BCUT2D eigenvalue weighted by atomic mass is 16.3. The Kier molecular flexibility index (Phi) is 3.37. The summed E-state index contributed by atoms with van der Waals surface area (Å²) >= 11 is 0. The van der Waals surface area contributed by atoms with Gasteiger partial charge in [0, 0.05) is 5.41 Å². The van der Waals surface area contributed by atoms with Crippen molar-refractivity contribution in [2.45, 2.75) is 64.1 Å². The zero-order valence-corrected chi connectivity index (χ0v) is 13.7. The lowest BCUT2D eigenvalue weighted by atomic mass is 9.48. The fourth-order valence-corrected chi connectivity index (χ4v) is 6.35. The van der Waals surface area contributed by atoms with Crippen molar-refractivity contribution in [1.82, 2.24) is 0 Å². The van der Waals surface area contributed by atoms with Gasteiger partial charge in [-0.2, -0.15) is 0 Å².